The van der Waals surface area contributed by atoms with Gasteiger partial charge in [0, 0.05) is 18.7 Å². The van der Waals surface area contributed by atoms with E-state index in [2.05, 4.69) is 15.8 Å². The molecule has 0 unspecified atom stereocenters. The molecule has 114 valence electrons. The van der Waals surface area contributed by atoms with Crippen molar-refractivity contribution < 1.29 is 19.1 Å². The Kier molecular flexibility index (Phi) is 6.19. The minimum atomic E-state index is -0.288. The lowest BCUT2D eigenvalue weighted by atomic mass is 10.2. The van der Waals surface area contributed by atoms with Crippen LogP contribution < -0.4 is 20.2 Å². The van der Waals surface area contributed by atoms with Gasteiger partial charge in [-0.1, -0.05) is 0 Å². The van der Waals surface area contributed by atoms with E-state index < -0.39 is 0 Å². The summed E-state index contributed by atoms with van der Waals surface area (Å²) in [6.45, 7) is 3.00. The van der Waals surface area contributed by atoms with Gasteiger partial charge in [-0.15, -0.1) is 0 Å². The molecule has 7 nitrogen and oxygen atoms in total. The maximum absolute atomic E-state index is 11.9. The number of hydrazone groups is 1. The third kappa shape index (κ3) is 5.52. The van der Waals surface area contributed by atoms with Crippen LogP contribution in [0.5, 0.6) is 11.5 Å². The van der Waals surface area contributed by atoms with Crippen LogP contribution in [-0.4, -0.2) is 31.7 Å². The zero-order valence-electron chi connectivity index (χ0n) is 12.5. The summed E-state index contributed by atoms with van der Waals surface area (Å²) in [6.07, 6.45) is 0.0562. The highest BCUT2D eigenvalue weighted by Gasteiger charge is 2.10. The minimum absolute atomic E-state index is 0.0562. The molecule has 1 rings (SSSR count). The summed E-state index contributed by atoms with van der Waals surface area (Å²) in [5.74, 6) is 0.577. The Hall–Kier alpha value is -2.57. The van der Waals surface area contributed by atoms with Crippen molar-refractivity contribution >= 4 is 23.2 Å². The van der Waals surface area contributed by atoms with Crippen LogP contribution in [-0.2, 0) is 9.59 Å². The second-order valence-corrected chi connectivity index (χ2v) is 4.31. The maximum atomic E-state index is 11.9. The van der Waals surface area contributed by atoms with Crippen LogP contribution in [0.4, 0.5) is 5.69 Å². The molecule has 0 radical (unpaired) electrons. The van der Waals surface area contributed by atoms with Crippen molar-refractivity contribution in [2.45, 2.75) is 20.3 Å². The van der Waals surface area contributed by atoms with Crippen LogP contribution in [0.2, 0.25) is 0 Å². The molecule has 1 aromatic rings. The first kappa shape index (κ1) is 16.5. The predicted molar refractivity (Wildman–Crippen MR) is 79.7 cm³/mol. The smallest absolute Gasteiger partial charge is 0.236 e. The van der Waals surface area contributed by atoms with Crippen LogP contribution in [0.15, 0.2) is 23.3 Å². The quantitative estimate of drug-likeness (QED) is 0.615. The number of ether oxygens (including phenoxy) is 2. The summed E-state index contributed by atoms with van der Waals surface area (Å²) in [5, 5.41) is 6.50. The highest BCUT2D eigenvalue weighted by molar-refractivity contribution is 6.06. The molecule has 0 bridgehead atoms. The first-order valence-corrected chi connectivity index (χ1v) is 6.28. The Balaban J connectivity index is 2.74. The molecule has 0 heterocycles. The molecular weight excluding hydrogens is 274 g/mol. The van der Waals surface area contributed by atoms with E-state index in [4.69, 9.17) is 9.47 Å². The lowest BCUT2D eigenvalue weighted by Gasteiger charge is -2.11. The lowest BCUT2D eigenvalue weighted by Crippen LogP contribution is -2.19. The van der Waals surface area contributed by atoms with Crippen LogP contribution >= 0.6 is 0 Å². The summed E-state index contributed by atoms with van der Waals surface area (Å²) in [6, 6.07) is 5.10. The number of nitrogens with zero attached hydrogens (tertiary/aromatic N) is 1. The number of benzene rings is 1. The van der Waals surface area contributed by atoms with E-state index in [1.165, 1.54) is 21.1 Å². The fourth-order valence-corrected chi connectivity index (χ4v) is 1.55. The van der Waals surface area contributed by atoms with Gasteiger partial charge in [0.05, 0.1) is 26.3 Å². The van der Waals surface area contributed by atoms with Crippen molar-refractivity contribution in [3.63, 3.8) is 0 Å². The highest BCUT2D eigenvalue weighted by Crippen LogP contribution is 2.28. The molecule has 0 aromatic heterocycles. The number of carbonyl (C=O) groups is 2. The van der Waals surface area contributed by atoms with Gasteiger partial charge in [-0.05, 0) is 19.1 Å². The molecule has 2 N–H and O–H groups in total. The van der Waals surface area contributed by atoms with E-state index in [1.54, 1.807) is 25.1 Å². The number of hydrogen-bond acceptors (Lipinski definition) is 5. The van der Waals surface area contributed by atoms with E-state index in [0.29, 0.717) is 22.9 Å². The van der Waals surface area contributed by atoms with Crippen molar-refractivity contribution in [1.82, 2.24) is 5.43 Å². The number of methoxy groups -OCH3 is 2. The van der Waals surface area contributed by atoms with E-state index in [9.17, 15) is 9.59 Å². The Bertz CT molecular complexity index is 555. The van der Waals surface area contributed by atoms with Crippen molar-refractivity contribution in [2.75, 3.05) is 19.5 Å². The van der Waals surface area contributed by atoms with Gasteiger partial charge < -0.3 is 14.8 Å². The third-order valence-electron chi connectivity index (χ3n) is 2.50. The van der Waals surface area contributed by atoms with Crippen LogP contribution in [0, 0.1) is 0 Å². The van der Waals surface area contributed by atoms with Crippen molar-refractivity contribution in [3.05, 3.63) is 18.2 Å². The number of amides is 2. The van der Waals surface area contributed by atoms with Crippen molar-refractivity contribution in [1.29, 1.82) is 0 Å². The number of nitrogens with one attached hydrogen (secondary N) is 2. The highest BCUT2D eigenvalue weighted by atomic mass is 16.5. The van der Waals surface area contributed by atoms with Crippen LogP contribution in [0.25, 0.3) is 0 Å². The van der Waals surface area contributed by atoms with Crippen molar-refractivity contribution in [3.8, 4) is 11.5 Å². The minimum Gasteiger partial charge on any atom is -0.497 e. The lowest BCUT2D eigenvalue weighted by molar-refractivity contribution is -0.119. The molecule has 0 saturated heterocycles. The Morgan fingerprint density at radius 1 is 1.19 bits per heavy atom. The van der Waals surface area contributed by atoms with Gasteiger partial charge >= 0.3 is 0 Å². The predicted octanol–water partition coefficient (Wildman–Crippen LogP) is 1.54. The first-order valence-electron chi connectivity index (χ1n) is 6.28. The van der Waals surface area contributed by atoms with Crippen LogP contribution in [0.3, 0.4) is 0 Å². The van der Waals surface area contributed by atoms with Gasteiger partial charge in [0.15, 0.2) is 0 Å². The average molecular weight is 293 g/mol. The number of carbonyl (C=O) groups excluding carboxylic acids is 2. The molecule has 0 atom stereocenters. The molecule has 0 saturated carbocycles. The van der Waals surface area contributed by atoms with Gasteiger partial charge in [-0.2, -0.15) is 5.10 Å². The normalized spacial score (nSPS) is 10.8. The number of anilines is 1. The zero-order valence-corrected chi connectivity index (χ0v) is 12.5. The summed E-state index contributed by atoms with van der Waals surface area (Å²) in [7, 11) is 3.05. The first-order chi connectivity index (χ1) is 9.96. The number of rotatable bonds is 6. The largest absolute Gasteiger partial charge is 0.497 e. The number of hydrogen-bond donors (Lipinski definition) is 2. The standard InChI is InChI=1S/C14H19N3O4/c1-9(16-17-10(2)18)7-14(19)15-12-8-11(20-3)5-6-13(12)21-4/h5-6,8H,7H2,1-4H3,(H,15,19)(H,17,18). The van der Waals surface area contributed by atoms with Crippen molar-refractivity contribution in [2.24, 2.45) is 5.10 Å². The SMILES string of the molecule is COc1ccc(OC)c(NC(=O)CC(C)=NNC(C)=O)c1. The molecule has 0 fully saturated rings. The molecule has 0 aliphatic heterocycles. The Morgan fingerprint density at radius 2 is 1.90 bits per heavy atom. The van der Waals surface area contributed by atoms with E-state index >= 15 is 0 Å². The van der Waals surface area contributed by atoms with Gasteiger partial charge in [-0.25, -0.2) is 5.43 Å². The molecule has 7 heteroatoms. The van der Waals surface area contributed by atoms with Gasteiger partial charge in [0.1, 0.15) is 11.5 Å². The molecule has 0 spiro atoms. The second-order valence-electron chi connectivity index (χ2n) is 4.31. The fourth-order valence-electron chi connectivity index (χ4n) is 1.55. The summed E-state index contributed by atoms with van der Waals surface area (Å²) >= 11 is 0. The van der Waals surface area contributed by atoms with E-state index in [0.717, 1.165) is 0 Å². The second kappa shape index (κ2) is 7.88. The topological polar surface area (TPSA) is 89.0 Å². The Morgan fingerprint density at radius 3 is 2.48 bits per heavy atom. The maximum Gasteiger partial charge on any atom is 0.236 e. The molecule has 0 aliphatic carbocycles. The van der Waals surface area contributed by atoms with Gasteiger partial charge in [0.2, 0.25) is 11.8 Å². The third-order valence-corrected chi connectivity index (χ3v) is 2.50. The Labute approximate surface area is 123 Å². The van der Waals surface area contributed by atoms with Crippen LogP contribution in [0.1, 0.15) is 20.3 Å². The molecule has 1 aromatic carbocycles. The van der Waals surface area contributed by atoms with Gasteiger partial charge in [0.25, 0.3) is 0 Å². The molecule has 21 heavy (non-hydrogen) atoms. The summed E-state index contributed by atoms with van der Waals surface area (Å²) in [4.78, 5) is 22.7. The fraction of sp³-hybridized carbons (Fsp3) is 0.357. The summed E-state index contributed by atoms with van der Waals surface area (Å²) < 4.78 is 10.3. The monoisotopic (exact) mass is 293 g/mol. The zero-order chi connectivity index (χ0) is 15.8. The molecule has 2 amide bonds. The van der Waals surface area contributed by atoms with E-state index in [-0.39, 0.29) is 18.2 Å². The average Bonchev–Trinajstić information content (AvgIpc) is 2.44. The molecular formula is C14H19N3O4. The summed E-state index contributed by atoms with van der Waals surface area (Å²) in [5.41, 5.74) is 3.28. The molecule has 0 aliphatic rings. The van der Waals surface area contributed by atoms with Gasteiger partial charge in [-0.3, -0.25) is 9.59 Å². The van der Waals surface area contributed by atoms with E-state index in [1.807, 2.05) is 0 Å².